The largest absolute Gasteiger partial charge is 0.314 e. The quantitative estimate of drug-likeness (QED) is 0.687. The van der Waals surface area contributed by atoms with Crippen LogP contribution < -0.4 is 5.32 Å². The van der Waals surface area contributed by atoms with Crippen molar-refractivity contribution < 1.29 is 0 Å². The van der Waals surface area contributed by atoms with Gasteiger partial charge < -0.3 is 5.32 Å². The maximum Gasteiger partial charge on any atom is 0.0193 e. The molecule has 0 bridgehead atoms. The summed E-state index contributed by atoms with van der Waals surface area (Å²) in [6.07, 6.45) is 1.30. The van der Waals surface area contributed by atoms with Crippen LogP contribution in [0.3, 0.4) is 0 Å². The number of rotatable bonds is 3. The Morgan fingerprint density at radius 2 is 2.33 bits per heavy atom. The summed E-state index contributed by atoms with van der Waals surface area (Å²) in [7, 11) is 0. The molecule has 72 valence electrons. The average molecular weight is 170 g/mol. The molecule has 0 saturated carbocycles. The van der Waals surface area contributed by atoms with Crippen LogP contribution in [-0.4, -0.2) is 37.1 Å². The summed E-state index contributed by atoms with van der Waals surface area (Å²) in [6.45, 7) is 11.8. The van der Waals surface area contributed by atoms with Gasteiger partial charge in [0.25, 0.3) is 0 Å². The minimum Gasteiger partial charge on any atom is -0.314 e. The highest BCUT2D eigenvalue weighted by Crippen LogP contribution is 2.08. The van der Waals surface area contributed by atoms with Crippen LogP contribution in [0.1, 0.15) is 27.2 Å². The molecular weight excluding hydrogens is 148 g/mol. The molecule has 0 radical (unpaired) electrons. The van der Waals surface area contributed by atoms with E-state index in [1.54, 1.807) is 0 Å². The molecule has 1 saturated heterocycles. The molecular formula is C10H22N2. The molecule has 2 atom stereocenters. The van der Waals surface area contributed by atoms with Crippen LogP contribution in [-0.2, 0) is 0 Å². The summed E-state index contributed by atoms with van der Waals surface area (Å²) in [5, 5.41) is 3.41. The molecule has 1 heterocycles. The van der Waals surface area contributed by atoms with Gasteiger partial charge in [-0.05, 0) is 12.8 Å². The van der Waals surface area contributed by atoms with Crippen molar-refractivity contribution in [3.8, 4) is 0 Å². The first-order valence-corrected chi connectivity index (χ1v) is 5.18. The van der Waals surface area contributed by atoms with E-state index >= 15 is 0 Å². The Bertz CT molecular complexity index is 125. The summed E-state index contributed by atoms with van der Waals surface area (Å²) < 4.78 is 0. The van der Waals surface area contributed by atoms with Crippen molar-refractivity contribution >= 4 is 0 Å². The Balaban J connectivity index is 2.28. The third-order valence-corrected chi connectivity index (χ3v) is 2.88. The molecule has 0 spiro atoms. The molecule has 1 fully saturated rings. The minimum atomic E-state index is 0.729. The van der Waals surface area contributed by atoms with E-state index < -0.39 is 0 Å². The van der Waals surface area contributed by atoms with Gasteiger partial charge in [0.05, 0.1) is 0 Å². The van der Waals surface area contributed by atoms with Gasteiger partial charge in [0.1, 0.15) is 0 Å². The first kappa shape index (κ1) is 10.0. The summed E-state index contributed by atoms with van der Waals surface area (Å²) in [6, 6.07) is 0.729. The van der Waals surface area contributed by atoms with Gasteiger partial charge in [0.2, 0.25) is 0 Å². The SMILES string of the molecule is CCC(C)CN1CCNC[C@@H]1C. The number of nitrogens with one attached hydrogen (secondary N) is 1. The van der Waals surface area contributed by atoms with Crippen LogP contribution in [0, 0.1) is 5.92 Å². The van der Waals surface area contributed by atoms with Crippen LogP contribution in [0.25, 0.3) is 0 Å². The molecule has 0 aromatic carbocycles. The van der Waals surface area contributed by atoms with E-state index in [1.807, 2.05) is 0 Å². The second kappa shape index (κ2) is 4.83. The van der Waals surface area contributed by atoms with Crippen molar-refractivity contribution in [2.24, 2.45) is 5.92 Å². The fraction of sp³-hybridized carbons (Fsp3) is 1.00. The molecule has 2 heteroatoms. The van der Waals surface area contributed by atoms with E-state index in [0.717, 1.165) is 18.5 Å². The van der Waals surface area contributed by atoms with Gasteiger partial charge in [-0.25, -0.2) is 0 Å². The number of piperazine rings is 1. The number of nitrogens with zero attached hydrogens (tertiary/aromatic N) is 1. The van der Waals surface area contributed by atoms with Gasteiger partial charge in [0, 0.05) is 32.2 Å². The fourth-order valence-electron chi connectivity index (χ4n) is 1.68. The molecule has 0 aromatic rings. The lowest BCUT2D eigenvalue weighted by Crippen LogP contribution is -2.50. The van der Waals surface area contributed by atoms with Crippen molar-refractivity contribution in [3.63, 3.8) is 0 Å². The molecule has 1 rings (SSSR count). The van der Waals surface area contributed by atoms with E-state index in [1.165, 1.54) is 26.1 Å². The zero-order valence-electron chi connectivity index (χ0n) is 8.64. The molecule has 1 unspecified atom stereocenters. The summed E-state index contributed by atoms with van der Waals surface area (Å²) in [5.74, 6) is 0.852. The zero-order valence-corrected chi connectivity index (χ0v) is 8.64. The van der Waals surface area contributed by atoms with E-state index in [4.69, 9.17) is 0 Å². The predicted molar refractivity (Wildman–Crippen MR) is 53.4 cm³/mol. The maximum absolute atomic E-state index is 3.41. The lowest BCUT2D eigenvalue weighted by molar-refractivity contribution is 0.150. The normalized spacial score (nSPS) is 28.8. The Kier molecular flexibility index (Phi) is 4.02. The molecule has 2 nitrogen and oxygen atoms in total. The Labute approximate surface area is 76.3 Å². The van der Waals surface area contributed by atoms with E-state index in [0.29, 0.717) is 0 Å². The third kappa shape index (κ3) is 2.76. The van der Waals surface area contributed by atoms with Gasteiger partial charge in [-0.2, -0.15) is 0 Å². The second-order valence-corrected chi connectivity index (χ2v) is 4.06. The first-order chi connectivity index (χ1) is 5.74. The molecule has 0 amide bonds. The van der Waals surface area contributed by atoms with Crippen molar-refractivity contribution in [1.82, 2.24) is 10.2 Å². The third-order valence-electron chi connectivity index (χ3n) is 2.88. The monoisotopic (exact) mass is 170 g/mol. The van der Waals surface area contributed by atoms with Crippen LogP contribution >= 0.6 is 0 Å². The van der Waals surface area contributed by atoms with Crippen LogP contribution in [0.5, 0.6) is 0 Å². The summed E-state index contributed by atoms with van der Waals surface area (Å²) >= 11 is 0. The number of hydrogen-bond acceptors (Lipinski definition) is 2. The fourth-order valence-corrected chi connectivity index (χ4v) is 1.68. The van der Waals surface area contributed by atoms with E-state index in [9.17, 15) is 0 Å². The van der Waals surface area contributed by atoms with Gasteiger partial charge in [-0.15, -0.1) is 0 Å². The summed E-state index contributed by atoms with van der Waals surface area (Å²) in [4.78, 5) is 2.60. The highest BCUT2D eigenvalue weighted by atomic mass is 15.2. The number of hydrogen-bond donors (Lipinski definition) is 1. The van der Waals surface area contributed by atoms with Crippen LogP contribution in [0.4, 0.5) is 0 Å². The average Bonchev–Trinajstić information content (AvgIpc) is 2.09. The van der Waals surface area contributed by atoms with E-state index in [2.05, 4.69) is 31.0 Å². The second-order valence-electron chi connectivity index (χ2n) is 4.06. The van der Waals surface area contributed by atoms with Crippen molar-refractivity contribution in [1.29, 1.82) is 0 Å². The lowest BCUT2D eigenvalue weighted by atomic mass is 10.1. The van der Waals surface area contributed by atoms with Gasteiger partial charge in [0.15, 0.2) is 0 Å². The Morgan fingerprint density at radius 3 is 2.92 bits per heavy atom. The van der Waals surface area contributed by atoms with Crippen LogP contribution in [0.15, 0.2) is 0 Å². The van der Waals surface area contributed by atoms with Crippen molar-refractivity contribution in [3.05, 3.63) is 0 Å². The minimum absolute atomic E-state index is 0.729. The van der Waals surface area contributed by atoms with Crippen LogP contribution in [0.2, 0.25) is 0 Å². The Morgan fingerprint density at radius 1 is 1.58 bits per heavy atom. The van der Waals surface area contributed by atoms with Crippen molar-refractivity contribution in [2.45, 2.75) is 33.2 Å². The molecule has 1 aliphatic heterocycles. The highest BCUT2D eigenvalue weighted by molar-refractivity contribution is 4.76. The molecule has 12 heavy (non-hydrogen) atoms. The van der Waals surface area contributed by atoms with E-state index in [-0.39, 0.29) is 0 Å². The topological polar surface area (TPSA) is 15.3 Å². The Hall–Kier alpha value is -0.0800. The predicted octanol–water partition coefficient (Wildman–Crippen LogP) is 1.33. The van der Waals surface area contributed by atoms with Gasteiger partial charge in [-0.3, -0.25) is 4.90 Å². The van der Waals surface area contributed by atoms with Gasteiger partial charge >= 0.3 is 0 Å². The summed E-state index contributed by atoms with van der Waals surface area (Å²) in [5.41, 5.74) is 0. The molecule has 0 aromatic heterocycles. The first-order valence-electron chi connectivity index (χ1n) is 5.18. The molecule has 0 aliphatic carbocycles. The molecule has 1 aliphatic rings. The zero-order chi connectivity index (χ0) is 8.97. The smallest absolute Gasteiger partial charge is 0.0193 e. The van der Waals surface area contributed by atoms with Gasteiger partial charge in [-0.1, -0.05) is 20.3 Å². The van der Waals surface area contributed by atoms with Crippen molar-refractivity contribution in [2.75, 3.05) is 26.2 Å². The standard InChI is InChI=1S/C10H22N2/c1-4-9(2)8-12-6-5-11-7-10(12)3/h9-11H,4-8H2,1-3H3/t9?,10-/m0/s1. The highest BCUT2D eigenvalue weighted by Gasteiger charge is 2.18. The lowest BCUT2D eigenvalue weighted by Gasteiger charge is -2.35. The maximum atomic E-state index is 3.41. The molecule has 1 N–H and O–H groups in total.